The highest BCUT2D eigenvalue weighted by Gasteiger charge is 2.10. The van der Waals surface area contributed by atoms with Gasteiger partial charge in [-0.15, -0.1) is 0 Å². The Labute approximate surface area is 123 Å². The van der Waals surface area contributed by atoms with Crippen LogP contribution < -0.4 is 10.9 Å². The number of aromatic nitrogens is 6. The molecule has 0 saturated carbocycles. The minimum atomic E-state index is -0.263. The number of H-pyrrole nitrogens is 1. The highest BCUT2D eigenvalue weighted by atomic mass is 16.5. The van der Waals surface area contributed by atoms with E-state index >= 15 is 0 Å². The monoisotopic (exact) mass is 301 g/mol. The van der Waals surface area contributed by atoms with Gasteiger partial charge in [-0.25, -0.2) is 9.67 Å². The normalized spacial score (nSPS) is 10.5. The highest BCUT2D eigenvalue weighted by molar-refractivity contribution is 5.75. The van der Waals surface area contributed by atoms with Gasteiger partial charge in [0.2, 0.25) is 23.2 Å². The molecule has 3 aromatic heterocycles. The zero-order valence-corrected chi connectivity index (χ0v) is 11.3. The van der Waals surface area contributed by atoms with Crippen molar-refractivity contribution in [3.8, 4) is 11.4 Å². The second-order valence-corrected chi connectivity index (χ2v) is 4.32. The number of nitrogens with zero attached hydrogens (tertiary/aromatic N) is 5. The van der Waals surface area contributed by atoms with Crippen LogP contribution in [0.4, 0.5) is 0 Å². The lowest BCUT2D eigenvalue weighted by atomic mass is 10.2. The number of rotatable bonds is 5. The second kappa shape index (κ2) is 5.99. The Hall–Kier alpha value is -3.30. The third kappa shape index (κ3) is 3.23. The van der Waals surface area contributed by atoms with Crippen molar-refractivity contribution < 1.29 is 9.32 Å². The molecule has 0 atom stereocenters. The molecule has 0 saturated heterocycles. The minimum absolute atomic E-state index is 0.0507. The zero-order chi connectivity index (χ0) is 15.4. The Kier molecular flexibility index (Phi) is 3.72. The molecule has 3 rings (SSSR count). The van der Waals surface area contributed by atoms with Crippen LogP contribution in [0.3, 0.4) is 0 Å². The lowest BCUT2D eigenvalue weighted by Crippen LogP contribution is -2.27. The molecule has 0 aliphatic carbocycles. The summed E-state index contributed by atoms with van der Waals surface area (Å²) in [4.78, 5) is 33.2. The Balaban J connectivity index is 1.60. The summed E-state index contributed by atoms with van der Waals surface area (Å²) in [5.74, 6) is 0.259. The number of hydrogen-bond donors (Lipinski definition) is 2. The molecule has 0 aliphatic heterocycles. The summed E-state index contributed by atoms with van der Waals surface area (Å²) in [5, 5.41) is 10.2. The van der Waals surface area contributed by atoms with Crippen molar-refractivity contribution in [1.29, 1.82) is 0 Å². The Morgan fingerprint density at radius 3 is 3.14 bits per heavy atom. The van der Waals surface area contributed by atoms with Crippen LogP contribution in [0.5, 0.6) is 0 Å². The largest absolute Gasteiger partial charge is 0.345 e. The highest BCUT2D eigenvalue weighted by Crippen LogP contribution is 2.12. The van der Waals surface area contributed by atoms with Crippen molar-refractivity contribution in [2.45, 2.75) is 13.1 Å². The fraction of sp³-hybridized carbons (Fsp3) is 0.167. The first-order chi connectivity index (χ1) is 10.7. The van der Waals surface area contributed by atoms with Gasteiger partial charge in [-0.2, -0.15) is 10.1 Å². The fourth-order valence-electron chi connectivity index (χ4n) is 1.72. The number of pyridine rings is 1. The van der Waals surface area contributed by atoms with Gasteiger partial charge in [0.05, 0.1) is 6.54 Å². The maximum Gasteiger partial charge on any atom is 0.248 e. The number of aromatic amines is 1. The SMILES string of the molecule is O=C(Cn1cncn1)NCc1nc(-c2cc[nH]c(=O)c2)no1. The van der Waals surface area contributed by atoms with Gasteiger partial charge in [0.1, 0.15) is 19.2 Å². The molecular weight excluding hydrogens is 290 g/mol. The van der Waals surface area contributed by atoms with Crippen LogP contribution in [0.1, 0.15) is 5.89 Å². The molecule has 22 heavy (non-hydrogen) atoms. The average molecular weight is 301 g/mol. The lowest BCUT2D eigenvalue weighted by Gasteiger charge is -2.01. The predicted octanol–water partition coefficient (Wildman–Crippen LogP) is -0.667. The number of carbonyl (C=O) groups excluding carboxylic acids is 1. The van der Waals surface area contributed by atoms with E-state index in [4.69, 9.17) is 4.52 Å². The van der Waals surface area contributed by atoms with Crippen LogP contribution >= 0.6 is 0 Å². The van der Waals surface area contributed by atoms with E-state index < -0.39 is 0 Å². The fourth-order valence-corrected chi connectivity index (χ4v) is 1.72. The summed E-state index contributed by atoms with van der Waals surface area (Å²) in [5.41, 5.74) is 0.276. The molecule has 3 heterocycles. The molecule has 0 bridgehead atoms. The first kappa shape index (κ1) is 13.7. The van der Waals surface area contributed by atoms with Gasteiger partial charge < -0.3 is 14.8 Å². The topological polar surface area (TPSA) is 132 Å². The van der Waals surface area contributed by atoms with Crippen molar-refractivity contribution in [2.24, 2.45) is 0 Å². The van der Waals surface area contributed by atoms with E-state index in [1.807, 2.05) is 0 Å². The van der Waals surface area contributed by atoms with E-state index in [1.165, 1.54) is 29.6 Å². The third-order valence-electron chi connectivity index (χ3n) is 2.71. The Morgan fingerprint density at radius 2 is 2.36 bits per heavy atom. The van der Waals surface area contributed by atoms with Crippen molar-refractivity contribution in [1.82, 2.24) is 35.2 Å². The molecule has 10 nitrogen and oxygen atoms in total. The predicted molar refractivity (Wildman–Crippen MR) is 72.2 cm³/mol. The van der Waals surface area contributed by atoms with E-state index in [9.17, 15) is 9.59 Å². The minimum Gasteiger partial charge on any atom is -0.345 e. The molecule has 3 aromatic rings. The molecule has 0 aromatic carbocycles. The first-order valence-electron chi connectivity index (χ1n) is 6.31. The van der Waals surface area contributed by atoms with Gasteiger partial charge in [-0.3, -0.25) is 9.59 Å². The Bertz CT molecular complexity index is 821. The molecule has 2 N–H and O–H groups in total. The summed E-state index contributed by atoms with van der Waals surface area (Å²) in [6.07, 6.45) is 4.28. The second-order valence-electron chi connectivity index (χ2n) is 4.32. The summed E-state index contributed by atoms with van der Waals surface area (Å²) in [6.45, 7) is 0.138. The lowest BCUT2D eigenvalue weighted by molar-refractivity contribution is -0.122. The Morgan fingerprint density at radius 1 is 1.45 bits per heavy atom. The zero-order valence-electron chi connectivity index (χ0n) is 11.3. The van der Waals surface area contributed by atoms with Gasteiger partial charge in [0.25, 0.3) is 0 Å². The van der Waals surface area contributed by atoms with Crippen molar-refractivity contribution >= 4 is 5.91 Å². The molecule has 0 unspecified atom stereocenters. The number of hydrogen-bond acceptors (Lipinski definition) is 7. The van der Waals surface area contributed by atoms with Gasteiger partial charge in [0.15, 0.2) is 0 Å². The summed E-state index contributed by atoms with van der Waals surface area (Å²) >= 11 is 0. The van der Waals surface area contributed by atoms with Crippen molar-refractivity contribution in [3.63, 3.8) is 0 Å². The molecule has 1 amide bonds. The van der Waals surface area contributed by atoms with E-state index in [0.29, 0.717) is 5.56 Å². The molecule has 0 spiro atoms. The van der Waals surface area contributed by atoms with Crippen LogP contribution in [0, 0.1) is 0 Å². The molecule has 0 radical (unpaired) electrons. The molecule has 0 fully saturated rings. The van der Waals surface area contributed by atoms with Crippen molar-refractivity contribution in [2.75, 3.05) is 0 Å². The quantitative estimate of drug-likeness (QED) is 0.639. The van der Waals surface area contributed by atoms with Crippen LogP contribution in [0.2, 0.25) is 0 Å². The first-order valence-corrected chi connectivity index (χ1v) is 6.31. The van der Waals surface area contributed by atoms with E-state index in [0.717, 1.165) is 0 Å². The number of carbonyl (C=O) groups is 1. The average Bonchev–Trinajstić information content (AvgIpc) is 3.16. The molecular formula is C12H11N7O3. The summed E-state index contributed by atoms with van der Waals surface area (Å²) < 4.78 is 6.42. The molecule has 112 valence electrons. The van der Waals surface area contributed by atoms with E-state index in [1.54, 1.807) is 6.07 Å². The van der Waals surface area contributed by atoms with Gasteiger partial charge >= 0.3 is 0 Å². The van der Waals surface area contributed by atoms with E-state index in [-0.39, 0.29) is 36.3 Å². The van der Waals surface area contributed by atoms with Crippen LogP contribution in [-0.4, -0.2) is 35.8 Å². The smallest absolute Gasteiger partial charge is 0.248 e. The standard InChI is InChI=1S/C12H11N7O3/c20-9-3-8(1-2-14-9)12-17-11(22-18-12)4-15-10(21)5-19-7-13-6-16-19/h1-3,6-7H,4-5H2,(H,14,20)(H,15,21). The molecule has 10 heteroatoms. The number of amides is 1. The van der Waals surface area contributed by atoms with Gasteiger partial charge in [-0.05, 0) is 6.07 Å². The van der Waals surface area contributed by atoms with Crippen LogP contribution in [0.25, 0.3) is 11.4 Å². The van der Waals surface area contributed by atoms with Crippen LogP contribution in [-0.2, 0) is 17.9 Å². The van der Waals surface area contributed by atoms with E-state index in [2.05, 4.69) is 30.5 Å². The van der Waals surface area contributed by atoms with Gasteiger partial charge in [-0.1, -0.05) is 5.16 Å². The van der Waals surface area contributed by atoms with Crippen LogP contribution in [0.15, 0.2) is 40.3 Å². The summed E-state index contributed by atoms with van der Waals surface area (Å²) in [6, 6.07) is 3.01. The summed E-state index contributed by atoms with van der Waals surface area (Å²) in [7, 11) is 0. The third-order valence-corrected chi connectivity index (χ3v) is 2.71. The van der Waals surface area contributed by atoms with Gasteiger partial charge in [0, 0.05) is 17.8 Å². The number of nitrogens with one attached hydrogen (secondary N) is 2. The van der Waals surface area contributed by atoms with Crippen molar-refractivity contribution in [3.05, 3.63) is 47.2 Å². The maximum atomic E-state index is 11.7. The maximum absolute atomic E-state index is 11.7. The molecule has 0 aliphatic rings.